The second-order valence-electron chi connectivity index (χ2n) is 13.6. The number of hydrogen-bond donors (Lipinski definition) is 0. The minimum atomic E-state index is 0.506. The van der Waals surface area contributed by atoms with Gasteiger partial charge in [0.1, 0.15) is 0 Å². The van der Waals surface area contributed by atoms with E-state index in [4.69, 9.17) is 0 Å². The van der Waals surface area contributed by atoms with Crippen molar-refractivity contribution >= 4 is 34.7 Å². The fourth-order valence-corrected chi connectivity index (χ4v) is 7.69. The van der Waals surface area contributed by atoms with E-state index in [1.54, 1.807) is 0 Å². The summed E-state index contributed by atoms with van der Waals surface area (Å²) >= 11 is 0. The van der Waals surface area contributed by atoms with E-state index < -0.39 is 0 Å². The number of allylic oxidation sites excluding steroid dienone is 2. The summed E-state index contributed by atoms with van der Waals surface area (Å²) in [5.41, 5.74) is 16.2. The largest absolute Gasteiger partial charge is 0.338 e. The monoisotopic (exact) mass is 647 g/mol. The van der Waals surface area contributed by atoms with Crippen molar-refractivity contribution < 1.29 is 0 Å². The lowest BCUT2D eigenvalue weighted by atomic mass is 9.94. The molecule has 2 unspecified atom stereocenters. The third-order valence-corrected chi connectivity index (χ3v) is 10.3. The van der Waals surface area contributed by atoms with Crippen LogP contribution in [0.3, 0.4) is 0 Å². The van der Waals surface area contributed by atoms with E-state index in [-0.39, 0.29) is 0 Å². The maximum Gasteiger partial charge on any atom is 0.0450 e. The van der Waals surface area contributed by atoms with Crippen molar-refractivity contribution in [2.24, 2.45) is 0 Å². The van der Waals surface area contributed by atoms with Gasteiger partial charge in [0.15, 0.2) is 0 Å². The molecule has 2 atom stereocenters. The highest BCUT2D eigenvalue weighted by Crippen LogP contribution is 2.52. The van der Waals surface area contributed by atoms with Crippen molar-refractivity contribution in [2.75, 3.05) is 4.90 Å². The first-order valence-electron chi connectivity index (χ1n) is 17.7. The first-order chi connectivity index (χ1) is 24.6. The zero-order chi connectivity index (χ0) is 33.9. The zero-order valence-electron chi connectivity index (χ0n) is 28.7. The number of hydrogen-bond acceptors (Lipinski definition) is 3. The van der Waals surface area contributed by atoms with Gasteiger partial charge in [0.05, 0.1) is 0 Å². The second kappa shape index (κ2) is 14.0. The Morgan fingerprint density at radius 2 is 1.16 bits per heavy atom. The van der Waals surface area contributed by atoms with Crippen molar-refractivity contribution in [2.45, 2.75) is 45.1 Å². The molecule has 6 aromatic rings. The Bertz CT molecular complexity index is 2090. The van der Waals surface area contributed by atoms with Crippen LogP contribution >= 0.6 is 0 Å². The molecule has 1 aliphatic heterocycles. The molecule has 1 saturated carbocycles. The Morgan fingerprint density at radius 3 is 1.76 bits per heavy atom. The van der Waals surface area contributed by atoms with Crippen LogP contribution in [-0.4, -0.2) is 16.0 Å². The molecule has 2 aliphatic rings. The summed E-state index contributed by atoms with van der Waals surface area (Å²) in [6.07, 6.45) is 20.0. The van der Waals surface area contributed by atoms with Crippen LogP contribution < -0.4 is 4.90 Å². The standard InChI is InChI=1S/C47H41N3/c1-33-9-16-37(17-10-33)44(38-18-11-34(2)12-19-38)31-36-13-20-41(21-14-36)50-46-8-4-7-43(46)45-32-35(15-22-47(45)50)5-3-6-42(39-23-27-48-28-24-39)40-25-29-49-30-26-40/h3,5-6,9-32,43,46H,4,7-8H2,1-2H3/b5-3+. The van der Waals surface area contributed by atoms with Crippen LogP contribution in [0, 0.1) is 13.8 Å². The minimum Gasteiger partial charge on any atom is -0.338 e. The van der Waals surface area contributed by atoms with Crippen LogP contribution in [0.5, 0.6) is 0 Å². The summed E-state index contributed by atoms with van der Waals surface area (Å²) in [5.74, 6) is 0.562. The summed E-state index contributed by atoms with van der Waals surface area (Å²) in [6.45, 7) is 4.28. The maximum atomic E-state index is 4.22. The number of pyridine rings is 2. The third-order valence-electron chi connectivity index (χ3n) is 10.3. The summed E-state index contributed by atoms with van der Waals surface area (Å²) in [5, 5.41) is 0. The van der Waals surface area contributed by atoms with Gasteiger partial charge in [-0.15, -0.1) is 0 Å². The van der Waals surface area contributed by atoms with E-state index >= 15 is 0 Å². The van der Waals surface area contributed by atoms with Crippen molar-refractivity contribution in [1.82, 2.24) is 9.97 Å². The smallest absolute Gasteiger partial charge is 0.0450 e. The van der Waals surface area contributed by atoms with Crippen LogP contribution in [0.15, 0.2) is 152 Å². The van der Waals surface area contributed by atoms with Crippen LogP contribution in [0.25, 0.3) is 23.3 Å². The fraction of sp³-hybridized carbons (Fsp3) is 0.149. The first kappa shape index (κ1) is 31.5. The number of aromatic nitrogens is 2. The average molecular weight is 648 g/mol. The molecule has 0 N–H and O–H groups in total. The number of aryl methyl sites for hydroxylation is 2. The molecular formula is C47H41N3. The van der Waals surface area contributed by atoms with Gasteiger partial charge in [0.25, 0.3) is 0 Å². The molecule has 0 spiro atoms. The molecule has 0 radical (unpaired) electrons. The van der Waals surface area contributed by atoms with Gasteiger partial charge >= 0.3 is 0 Å². The lowest BCUT2D eigenvalue weighted by Crippen LogP contribution is -2.26. The van der Waals surface area contributed by atoms with Gasteiger partial charge in [0.2, 0.25) is 0 Å². The number of rotatable bonds is 8. The molecule has 1 aliphatic carbocycles. The lowest BCUT2D eigenvalue weighted by Gasteiger charge is -2.27. The number of benzene rings is 4. The molecule has 3 heterocycles. The predicted octanol–water partition coefficient (Wildman–Crippen LogP) is 11.6. The lowest BCUT2D eigenvalue weighted by molar-refractivity contribution is 0.642. The minimum absolute atomic E-state index is 0.506. The zero-order valence-corrected chi connectivity index (χ0v) is 28.7. The average Bonchev–Trinajstić information content (AvgIpc) is 3.76. The van der Waals surface area contributed by atoms with Crippen molar-refractivity contribution in [3.05, 3.63) is 202 Å². The Labute approximate surface area is 296 Å². The summed E-state index contributed by atoms with van der Waals surface area (Å²) < 4.78 is 0. The normalized spacial score (nSPS) is 16.2. The maximum absolute atomic E-state index is 4.22. The highest BCUT2D eigenvalue weighted by Gasteiger charge is 2.42. The molecule has 244 valence electrons. The molecule has 0 bridgehead atoms. The number of fused-ring (bicyclic) bond motifs is 3. The topological polar surface area (TPSA) is 29.0 Å². The van der Waals surface area contributed by atoms with Crippen LogP contribution in [0.4, 0.5) is 11.4 Å². The van der Waals surface area contributed by atoms with Gasteiger partial charge < -0.3 is 4.90 Å². The van der Waals surface area contributed by atoms with Crippen molar-refractivity contribution in [1.29, 1.82) is 0 Å². The van der Waals surface area contributed by atoms with Gasteiger partial charge in [0, 0.05) is 48.1 Å². The van der Waals surface area contributed by atoms with Crippen LogP contribution in [0.2, 0.25) is 0 Å². The molecule has 2 aromatic heterocycles. The highest BCUT2D eigenvalue weighted by atomic mass is 15.2. The number of anilines is 2. The Morgan fingerprint density at radius 1 is 0.600 bits per heavy atom. The van der Waals surface area contributed by atoms with Gasteiger partial charge in [-0.25, -0.2) is 0 Å². The van der Waals surface area contributed by atoms with Gasteiger partial charge in [-0.05, 0) is 131 Å². The van der Waals surface area contributed by atoms with E-state index in [0.717, 1.165) is 16.7 Å². The fourth-order valence-electron chi connectivity index (χ4n) is 7.69. The Balaban J connectivity index is 1.08. The Kier molecular flexibility index (Phi) is 8.79. The molecule has 4 aromatic carbocycles. The second-order valence-corrected chi connectivity index (χ2v) is 13.6. The van der Waals surface area contributed by atoms with Crippen LogP contribution in [-0.2, 0) is 0 Å². The van der Waals surface area contributed by atoms with Crippen molar-refractivity contribution in [3.63, 3.8) is 0 Å². The SMILES string of the molecule is Cc1ccc(C(=Cc2ccc(N3c4ccc(/C=C/C=C(c5ccncc5)c5ccncc5)cc4C4CCCC43)cc2)c2ccc(C)cc2)cc1. The molecule has 1 fully saturated rings. The quantitative estimate of drug-likeness (QED) is 0.122. The highest BCUT2D eigenvalue weighted by molar-refractivity contribution is 5.92. The van der Waals surface area contributed by atoms with E-state index in [0.29, 0.717) is 12.0 Å². The summed E-state index contributed by atoms with van der Waals surface area (Å²) in [6, 6.07) is 42.7. The van der Waals surface area contributed by atoms with Gasteiger partial charge in [-0.3, -0.25) is 9.97 Å². The Hall–Kier alpha value is -5.80. The molecule has 50 heavy (non-hydrogen) atoms. The third kappa shape index (κ3) is 6.47. The molecule has 8 rings (SSSR count). The summed E-state index contributed by atoms with van der Waals surface area (Å²) in [7, 11) is 0. The van der Waals surface area contributed by atoms with Gasteiger partial charge in [-0.1, -0.05) is 103 Å². The summed E-state index contributed by atoms with van der Waals surface area (Å²) in [4.78, 5) is 11.0. The van der Waals surface area contributed by atoms with E-state index in [1.165, 1.54) is 75.2 Å². The van der Waals surface area contributed by atoms with Crippen LogP contribution in [0.1, 0.15) is 75.3 Å². The van der Waals surface area contributed by atoms with Gasteiger partial charge in [-0.2, -0.15) is 0 Å². The van der Waals surface area contributed by atoms with Crippen molar-refractivity contribution in [3.8, 4) is 0 Å². The van der Waals surface area contributed by atoms with E-state index in [2.05, 4.69) is 168 Å². The van der Waals surface area contributed by atoms with E-state index in [1.807, 2.05) is 24.8 Å². The predicted molar refractivity (Wildman–Crippen MR) is 209 cm³/mol. The van der Waals surface area contributed by atoms with E-state index in [9.17, 15) is 0 Å². The molecule has 0 saturated heterocycles. The molecule has 3 heteroatoms. The molecule has 3 nitrogen and oxygen atoms in total. The first-order valence-corrected chi connectivity index (χ1v) is 17.7. The molecular weight excluding hydrogens is 607 g/mol. The number of nitrogens with zero attached hydrogens (tertiary/aromatic N) is 3. The molecule has 0 amide bonds.